The Labute approximate surface area is 154 Å². The standard InChI is InChI=1S/C18H17N3O6/c1-2-26-18(25)14-10-27-16(20-14)11-3-5-12(6-4-11)19-13-9-15(23)21(7-8-22)17(13)24/h3-6,9-10,19,22H,2,7-8H2,1H3. The first-order valence-corrected chi connectivity index (χ1v) is 8.22. The predicted molar refractivity (Wildman–Crippen MR) is 93.4 cm³/mol. The highest BCUT2D eigenvalue weighted by Gasteiger charge is 2.30. The lowest BCUT2D eigenvalue weighted by atomic mass is 10.2. The summed E-state index contributed by atoms with van der Waals surface area (Å²) in [4.78, 5) is 40.5. The van der Waals surface area contributed by atoms with Crippen molar-refractivity contribution in [2.75, 3.05) is 25.1 Å². The van der Waals surface area contributed by atoms with E-state index in [0.29, 0.717) is 11.3 Å². The number of imide groups is 1. The van der Waals surface area contributed by atoms with Crippen molar-refractivity contribution in [2.24, 2.45) is 0 Å². The van der Waals surface area contributed by atoms with Crippen molar-refractivity contribution in [3.63, 3.8) is 0 Å². The number of hydrogen-bond donors (Lipinski definition) is 2. The average molecular weight is 371 g/mol. The molecule has 0 radical (unpaired) electrons. The zero-order valence-corrected chi connectivity index (χ0v) is 14.5. The largest absolute Gasteiger partial charge is 0.461 e. The third kappa shape index (κ3) is 3.87. The summed E-state index contributed by atoms with van der Waals surface area (Å²) in [5.74, 6) is -1.27. The molecule has 9 heteroatoms. The van der Waals surface area contributed by atoms with Gasteiger partial charge in [-0.15, -0.1) is 0 Å². The number of aromatic nitrogens is 1. The number of hydrogen-bond acceptors (Lipinski definition) is 8. The van der Waals surface area contributed by atoms with Crippen LogP contribution in [0.1, 0.15) is 17.4 Å². The lowest BCUT2D eigenvalue weighted by Gasteiger charge is -2.13. The number of amides is 2. The Morgan fingerprint density at radius 3 is 2.70 bits per heavy atom. The van der Waals surface area contributed by atoms with Crippen molar-refractivity contribution in [1.29, 1.82) is 0 Å². The number of aliphatic hydroxyl groups excluding tert-OH is 1. The van der Waals surface area contributed by atoms with Gasteiger partial charge in [0.05, 0.1) is 19.8 Å². The van der Waals surface area contributed by atoms with Crippen LogP contribution in [0, 0.1) is 0 Å². The van der Waals surface area contributed by atoms with E-state index in [9.17, 15) is 14.4 Å². The molecule has 140 valence electrons. The van der Waals surface area contributed by atoms with E-state index in [4.69, 9.17) is 14.3 Å². The van der Waals surface area contributed by atoms with E-state index in [1.54, 1.807) is 31.2 Å². The number of nitrogens with one attached hydrogen (secondary N) is 1. The molecule has 0 saturated carbocycles. The molecule has 2 heterocycles. The molecule has 2 amide bonds. The Kier molecular flexibility index (Phi) is 5.32. The Hall–Kier alpha value is -3.46. The van der Waals surface area contributed by atoms with E-state index < -0.39 is 17.8 Å². The second-order valence-electron chi connectivity index (χ2n) is 5.54. The number of aliphatic hydroxyl groups is 1. The SMILES string of the molecule is CCOC(=O)c1coc(-c2ccc(NC3=CC(=O)N(CCO)C3=O)cc2)n1. The molecule has 1 aliphatic rings. The molecule has 0 bridgehead atoms. The first-order valence-electron chi connectivity index (χ1n) is 8.22. The maximum absolute atomic E-state index is 12.1. The first kappa shape index (κ1) is 18.3. The minimum absolute atomic E-state index is 0.0504. The highest BCUT2D eigenvalue weighted by Crippen LogP contribution is 2.23. The quantitative estimate of drug-likeness (QED) is 0.549. The first-order chi connectivity index (χ1) is 13.0. The molecule has 1 aromatic carbocycles. The van der Waals surface area contributed by atoms with E-state index in [1.165, 1.54) is 12.3 Å². The van der Waals surface area contributed by atoms with Crippen molar-refractivity contribution < 1.29 is 28.6 Å². The monoisotopic (exact) mass is 371 g/mol. The molecular weight excluding hydrogens is 354 g/mol. The smallest absolute Gasteiger partial charge is 0.360 e. The van der Waals surface area contributed by atoms with Crippen molar-refractivity contribution in [3.8, 4) is 11.5 Å². The van der Waals surface area contributed by atoms with Crippen LogP contribution in [0.4, 0.5) is 5.69 Å². The summed E-state index contributed by atoms with van der Waals surface area (Å²) in [5.41, 5.74) is 1.41. The zero-order valence-electron chi connectivity index (χ0n) is 14.5. The van der Waals surface area contributed by atoms with Crippen LogP contribution in [-0.4, -0.2) is 52.5 Å². The number of carbonyl (C=O) groups excluding carboxylic acids is 3. The van der Waals surface area contributed by atoms with E-state index >= 15 is 0 Å². The number of nitrogens with zero attached hydrogens (tertiary/aromatic N) is 2. The molecule has 0 fully saturated rings. The number of β-amino-alcohol motifs (C(OH)–C–C–N with tert-alkyl or cyclic N) is 1. The average Bonchev–Trinajstić information content (AvgIpc) is 3.24. The molecule has 1 aromatic heterocycles. The van der Waals surface area contributed by atoms with Gasteiger partial charge in [0.2, 0.25) is 5.89 Å². The topological polar surface area (TPSA) is 122 Å². The fourth-order valence-electron chi connectivity index (χ4n) is 2.47. The summed E-state index contributed by atoms with van der Waals surface area (Å²) < 4.78 is 10.1. The number of benzene rings is 1. The molecule has 0 saturated heterocycles. The predicted octanol–water partition coefficient (Wildman–Crippen LogP) is 1.18. The summed E-state index contributed by atoms with van der Waals surface area (Å²) in [7, 11) is 0. The molecule has 27 heavy (non-hydrogen) atoms. The molecule has 3 rings (SSSR count). The molecule has 2 aromatic rings. The van der Waals surface area contributed by atoms with Gasteiger partial charge >= 0.3 is 5.97 Å². The van der Waals surface area contributed by atoms with Crippen LogP contribution in [0.2, 0.25) is 0 Å². The van der Waals surface area contributed by atoms with Crippen LogP contribution in [0.5, 0.6) is 0 Å². The molecule has 0 unspecified atom stereocenters. The Balaban J connectivity index is 1.70. The minimum Gasteiger partial charge on any atom is -0.461 e. The van der Waals surface area contributed by atoms with Gasteiger partial charge in [-0.3, -0.25) is 14.5 Å². The highest BCUT2D eigenvalue weighted by molar-refractivity contribution is 6.17. The second-order valence-corrected chi connectivity index (χ2v) is 5.54. The molecule has 2 N–H and O–H groups in total. The van der Waals surface area contributed by atoms with Crippen LogP contribution in [0.15, 0.2) is 46.7 Å². The van der Waals surface area contributed by atoms with Gasteiger partial charge in [0.25, 0.3) is 11.8 Å². The Morgan fingerprint density at radius 2 is 2.04 bits per heavy atom. The number of carbonyl (C=O) groups is 3. The van der Waals surface area contributed by atoms with Crippen LogP contribution >= 0.6 is 0 Å². The fraction of sp³-hybridized carbons (Fsp3) is 0.222. The lowest BCUT2D eigenvalue weighted by molar-refractivity contribution is -0.137. The molecule has 0 atom stereocenters. The third-order valence-corrected chi connectivity index (χ3v) is 3.73. The van der Waals surface area contributed by atoms with E-state index in [0.717, 1.165) is 4.90 Å². The molecule has 0 spiro atoms. The lowest BCUT2D eigenvalue weighted by Crippen LogP contribution is -2.34. The number of rotatable bonds is 7. The van der Waals surface area contributed by atoms with Gasteiger partial charge in [0, 0.05) is 17.3 Å². The summed E-state index contributed by atoms with van der Waals surface area (Å²) in [6.07, 6.45) is 2.41. The van der Waals surface area contributed by atoms with E-state index in [-0.39, 0.29) is 37.0 Å². The molecule has 9 nitrogen and oxygen atoms in total. The Morgan fingerprint density at radius 1 is 1.30 bits per heavy atom. The van der Waals surface area contributed by atoms with Crippen LogP contribution < -0.4 is 5.32 Å². The third-order valence-electron chi connectivity index (χ3n) is 3.73. The van der Waals surface area contributed by atoms with E-state index in [2.05, 4.69) is 10.3 Å². The van der Waals surface area contributed by atoms with Gasteiger partial charge in [0.1, 0.15) is 12.0 Å². The fourth-order valence-corrected chi connectivity index (χ4v) is 2.47. The highest BCUT2D eigenvalue weighted by atomic mass is 16.5. The van der Waals surface area contributed by atoms with Crippen LogP contribution in [0.3, 0.4) is 0 Å². The summed E-state index contributed by atoms with van der Waals surface area (Å²) >= 11 is 0. The maximum atomic E-state index is 12.1. The van der Waals surface area contributed by atoms with Crippen LogP contribution in [-0.2, 0) is 14.3 Å². The van der Waals surface area contributed by atoms with Gasteiger partial charge in [0.15, 0.2) is 5.69 Å². The summed E-state index contributed by atoms with van der Waals surface area (Å²) in [5, 5.41) is 11.8. The minimum atomic E-state index is -0.561. The number of ether oxygens (including phenoxy) is 1. The normalized spacial score (nSPS) is 13.7. The van der Waals surface area contributed by atoms with Gasteiger partial charge in [-0.05, 0) is 31.2 Å². The van der Waals surface area contributed by atoms with Crippen molar-refractivity contribution in [1.82, 2.24) is 9.88 Å². The van der Waals surface area contributed by atoms with Gasteiger partial charge in [-0.25, -0.2) is 9.78 Å². The maximum Gasteiger partial charge on any atom is 0.360 e. The number of esters is 1. The van der Waals surface area contributed by atoms with Crippen LogP contribution in [0.25, 0.3) is 11.5 Å². The molecule has 1 aliphatic heterocycles. The van der Waals surface area contributed by atoms with E-state index in [1.807, 2.05) is 0 Å². The van der Waals surface area contributed by atoms with Gasteiger partial charge in [-0.2, -0.15) is 0 Å². The van der Waals surface area contributed by atoms with Crippen molar-refractivity contribution in [2.45, 2.75) is 6.92 Å². The van der Waals surface area contributed by atoms with Crippen molar-refractivity contribution in [3.05, 3.63) is 48.0 Å². The Bertz CT molecular complexity index is 900. The van der Waals surface area contributed by atoms with Gasteiger partial charge < -0.3 is 19.6 Å². The number of oxazole rings is 1. The summed E-state index contributed by atoms with van der Waals surface area (Å²) in [6, 6.07) is 6.74. The number of anilines is 1. The second kappa shape index (κ2) is 7.83. The zero-order chi connectivity index (χ0) is 19.4. The van der Waals surface area contributed by atoms with Crippen molar-refractivity contribution >= 4 is 23.5 Å². The molecular formula is C18H17N3O6. The summed E-state index contributed by atoms with van der Waals surface area (Å²) in [6.45, 7) is 1.60. The van der Waals surface area contributed by atoms with Gasteiger partial charge in [-0.1, -0.05) is 0 Å². The molecule has 0 aliphatic carbocycles.